The van der Waals surface area contributed by atoms with E-state index in [2.05, 4.69) is 20.2 Å². The molecule has 134 valence electrons. The normalized spacial score (nSPS) is 17.4. The van der Waals surface area contributed by atoms with Gasteiger partial charge in [0.1, 0.15) is 11.3 Å². The minimum Gasteiger partial charge on any atom is -0.493 e. The maximum atomic E-state index is 13.1. The molecule has 1 atom stereocenters. The third kappa shape index (κ3) is 3.00. The summed E-state index contributed by atoms with van der Waals surface area (Å²) in [5.41, 5.74) is 2.99. The van der Waals surface area contributed by atoms with Gasteiger partial charge in [0.25, 0.3) is 5.91 Å². The number of piperidine rings is 1. The molecule has 3 heterocycles. The summed E-state index contributed by atoms with van der Waals surface area (Å²) in [5, 5.41) is 7.32. The van der Waals surface area contributed by atoms with E-state index in [-0.39, 0.29) is 11.8 Å². The van der Waals surface area contributed by atoms with Crippen molar-refractivity contribution < 1.29 is 9.53 Å². The molecule has 0 aliphatic carbocycles. The van der Waals surface area contributed by atoms with Crippen molar-refractivity contribution in [3.05, 3.63) is 47.9 Å². The van der Waals surface area contributed by atoms with Gasteiger partial charge in [-0.2, -0.15) is 5.10 Å². The van der Waals surface area contributed by atoms with Crippen LogP contribution in [0.3, 0.4) is 0 Å². The van der Waals surface area contributed by atoms with E-state index < -0.39 is 0 Å². The third-order valence-electron chi connectivity index (χ3n) is 4.75. The van der Waals surface area contributed by atoms with E-state index in [1.54, 1.807) is 12.4 Å². The predicted molar refractivity (Wildman–Crippen MR) is 97.2 cm³/mol. The van der Waals surface area contributed by atoms with Crippen LogP contribution in [0, 0.1) is 0 Å². The summed E-state index contributed by atoms with van der Waals surface area (Å²) in [6.07, 6.45) is 5.23. The first-order valence-electron chi connectivity index (χ1n) is 8.94. The van der Waals surface area contributed by atoms with Gasteiger partial charge in [0, 0.05) is 31.4 Å². The SMILES string of the molecule is CCOc1ccccc1C(=O)N1CCCC(c2[nH]nc3nccnc23)C1. The molecule has 1 aromatic carbocycles. The molecule has 1 aliphatic rings. The number of ether oxygens (including phenoxy) is 1. The van der Waals surface area contributed by atoms with Gasteiger partial charge in [-0.25, -0.2) is 9.97 Å². The number of fused-ring (bicyclic) bond motifs is 1. The molecule has 1 N–H and O–H groups in total. The number of H-pyrrole nitrogens is 1. The van der Waals surface area contributed by atoms with Crippen LogP contribution in [0.15, 0.2) is 36.7 Å². The van der Waals surface area contributed by atoms with Gasteiger partial charge in [-0.1, -0.05) is 12.1 Å². The van der Waals surface area contributed by atoms with E-state index in [1.807, 2.05) is 36.1 Å². The van der Waals surface area contributed by atoms with Gasteiger partial charge in [0.05, 0.1) is 17.9 Å². The highest BCUT2D eigenvalue weighted by atomic mass is 16.5. The molecule has 26 heavy (non-hydrogen) atoms. The largest absolute Gasteiger partial charge is 0.493 e. The van der Waals surface area contributed by atoms with Crippen molar-refractivity contribution in [2.75, 3.05) is 19.7 Å². The number of rotatable bonds is 4. The van der Waals surface area contributed by atoms with E-state index in [1.165, 1.54) is 0 Å². The van der Waals surface area contributed by atoms with Crippen molar-refractivity contribution in [2.45, 2.75) is 25.7 Å². The summed E-state index contributed by atoms with van der Waals surface area (Å²) in [6, 6.07) is 7.43. The zero-order valence-electron chi connectivity index (χ0n) is 14.7. The molecule has 1 aliphatic heterocycles. The van der Waals surface area contributed by atoms with Gasteiger partial charge in [-0.3, -0.25) is 9.89 Å². The summed E-state index contributed by atoms with van der Waals surface area (Å²) >= 11 is 0. The van der Waals surface area contributed by atoms with Crippen molar-refractivity contribution in [1.29, 1.82) is 0 Å². The molecule has 0 saturated carbocycles. The van der Waals surface area contributed by atoms with Crippen LogP contribution in [0.5, 0.6) is 5.75 Å². The number of hydrogen-bond acceptors (Lipinski definition) is 5. The molecule has 7 heteroatoms. The number of para-hydroxylation sites is 1. The average Bonchev–Trinajstić information content (AvgIpc) is 3.12. The number of amides is 1. The van der Waals surface area contributed by atoms with Crippen LogP contribution in [0.2, 0.25) is 0 Å². The van der Waals surface area contributed by atoms with Crippen molar-refractivity contribution in [1.82, 2.24) is 25.1 Å². The average molecular weight is 351 g/mol. The standard InChI is InChI=1S/C19H21N5O2/c1-2-26-15-8-4-3-7-14(15)19(25)24-11-5-6-13(12-24)16-17-18(23-22-16)21-10-9-20-17/h3-4,7-10,13H,2,5-6,11-12H2,1H3,(H,21,22,23). The first-order chi connectivity index (χ1) is 12.8. The predicted octanol–water partition coefficient (Wildman–Crippen LogP) is 2.77. The number of aromatic amines is 1. The van der Waals surface area contributed by atoms with Crippen LogP contribution < -0.4 is 4.74 Å². The monoisotopic (exact) mass is 351 g/mol. The molecular weight excluding hydrogens is 330 g/mol. The van der Waals surface area contributed by atoms with Crippen LogP contribution in [0.25, 0.3) is 11.2 Å². The highest BCUT2D eigenvalue weighted by Gasteiger charge is 2.29. The first-order valence-corrected chi connectivity index (χ1v) is 8.94. The molecule has 1 unspecified atom stereocenters. The fourth-order valence-electron chi connectivity index (χ4n) is 3.55. The van der Waals surface area contributed by atoms with Crippen molar-refractivity contribution in [2.24, 2.45) is 0 Å². The van der Waals surface area contributed by atoms with Crippen LogP contribution in [-0.4, -0.2) is 50.7 Å². The van der Waals surface area contributed by atoms with E-state index in [4.69, 9.17) is 4.74 Å². The topological polar surface area (TPSA) is 84.0 Å². The first kappa shape index (κ1) is 16.5. The Hall–Kier alpha value is -2.96. The highest BCUT2D eigenvalue weighted by Crippen LogP contribution is 2.30. The molecule has 1 saturated heterocycles. The Morgan fingerprint density at radius 1 is 1.31 bits per heavy atom. The lowest BCUT2D eigenvalue weighted by atomic mass is 9.93. The maximum Gasteiger partial charge on any atom is 0.257 e. The fourth-order valence-corrected chi connectivity index (χ4v) is 3.55. The van der Waals surface area contributed by atoms with Crippen molar-refractivity contribution in [3.63, 3.8) is 0 Å². The summed E-state index contributed by atoms with van der Waals surface area (Å²) < 4.78 is 5.62. The second-order valence-corrected chi connectivity index (χ2v) is 6.39. The molecular formula is C19H21N5O2. The van der Waals surface area contributed by atoms with Crippen molar-refractivity contribution in [3.8, 4) is 5.75 Å². The Balaban J connectivity index is 1.58. The molecule has 0 radical (unpaired) electrons. The Kier molecular flexibility index (Phi) is 4.51. The summed E-state index contributed by atoms with van der Waals surface area (Å²) in [6.45, 7) is 3.83. The number of benzene rings is 1. The minimum absolute atomic E-state index is 0.00801. The van der Waals surface area contributed by atoms with Gasteiger partial charge >= 0.3 is 0 Å². The van der Waals surface area contributed by atoms with Gasteiger partial charge in [-0.15, -0.1) is 0 Å². The molecule has 7 nitrogen and oxygen atoms in total. The zero-order valence-corrected chi connectivity index (χ0v) is 14.7. The Bertz CT molecular complexity index is 923. The van der Waals surface area contributed by atoms with Gasteiger partial charge in [0.15, 0.2) is 5.65 Å². The van der Waals surface area contributed by atoms with E-state index in [9.17, 15) is 4.79 Å². The minimum atomic E-state index is 0.00801. The molecule has 1 amide bonds. The lowest BCUT2D eigenvalue weighted by molar-refractivity contribution is 0.0702. The summed E-state index contributed by atoms with van der Waals surface area (Å²) in [7, 11) is 0. The van der Waals surface area contributed by atoms with E-state index >= 15 is 0 Å². The quantitative estimate of drug-likeness (QED) is 0.781. The molecule has 0 spiro atoms. The zero-order chi connectivity index (χ0) is 17.9. The van der Waals surface area contributed by atoms with Crippen LogP contribution in [-0.2, 0) is 0 Å². The van der Waals surface area contributed by atoms with E-state index in [0.717, 1.165) is 30.6 Å². The van der Waals surface area contributed by atoms with Crippen LogP contribution >= 0.6 is 0 Å². The molecule has 4 rings (SSSR count). The molecule has 1 fully saturated rings. The number of likely N-dealkylation sites (tertiary alicyclic amines) is 1. The molecule has 2 aromatic heterocycles. The Labute approximate surface area is 151 Å². The molecule has 0 bridgehead atoms. The van der Waals surface area contributed by atoms with Gasteiger partial charge in [-0.05, 0) is 31.9 Å². The fraction of sp³-hybridized carbons (Fsp3) is 0.368. The van der Waals surface area contributed by atoms with Crippen LogP contribution in [0.4, 0.5) is 0 Å². The number of carbonyl (C=O) groups excluding carboxylic acids is 1. The smallest absolute Gasteiger partial charge is 0.257 e. The Morgan fingerprint density at radius 2 is 2.15 bits per heavy atom. The van der Waals surface area contributed by atoms with Crippen molar-refractivity contribution >= 4 is 17.1 Å². The summed E-state index contributed by atoms with van der Waals surface area (Å²) in [5.74, 6) is 0.822. The summed E-state index contributed by atoms with van der Waals surface area (Å²) in [4.78, 5) is 23.6. The van der Waals surface area contributed by atoms with Crippen LogP contribution in [0.1, 0.15) is 41.7 Å². The van der Waals surface area contributed by atoms with Gasteiger partial charge < -0.3 is 9.64 Å². The third-order valence-corrected chi connectivity index (χ3v) is 4.75. The number of hydrogen-bond donors (Lipinski definition) is 1. The molecule has 3 aromatic rings. The lowest BCUT2D eigenvalue weighted by Gasteiger charge is -2.32. The van der Waals surface area contributed by atoms with Gasteiger partial charge in [0.2, 0.25) is 0 Å². The Morgan fingerprint density at radius 3 is 3.04 bits per heavy atom. The second-order valence-electron chi connectivity index (χ2n) is 6.39. The highest BCUT2D eigenvalue weighted by molar-refractivity contribution is 5.97. The number of nitrogens with one attached hydrogen (secondary N) is 1. The maximum absolute atomic E-state index is 13.1. The second kappa shape index (κ2) is 7.11. The number of aromatic nitrogens is 4. The van der Waals surface area contributed by atoms with E-state index in [0.29, 0.717) is 30.1 Å². The lowest BCUT2D eigenvalue weighted by Crippen LogP contribution is -2.39. The number of carbonyl (C=O) groups is 1. The number of nitrogens with zero attached hydrogens (tertiary/aromatic N) is 4.